The first-order valence-electron chi connectivity index (χ1n) is 4.65. The normalized spacial score (nSPS) is 23.6. The molecule has 2 atom stereocenters. The topological polar surface area (TPSA) is 70.1 Å². The van der Waals surface area contributed by atoms with Crippen molar-refractivity contribution in [3.05, 3.63) is 18.5 Å². The van der Waals surface area contributed by atoms with E-state index in [-0.39, 0.29) is 17.9 Å². The van der Waals surface area contributed by atoms with Crippen LogP contribution in [0.5, 0.6) is 0 Å². The SMILES string of the molecule is NC(=O)C(C1CCOC1)n1cccn1. The highest BCUT2D eigenvalue weighted by Gasteiger charge is 2.31. The molecule has 1 saturated heterocycles. The van der Waals surface area contributed by atoms with Gasteiger partial charge < -0.3 is 10.5 Å². The largest absolute Gasteiger partial charge is 0.381 e. The van der Waals surface area contributed by atoms with Crippen molar-refractivity contribution in [1.29, 1.82) is 0 Å². The molecule has 0 bridgehead atoms. The van der Waals surface area contributed by atoms with Gasteiger partial charge in [0.05, 0.1) is 6.61 Å². The van der Waals surface area contributed by atoms with Crippen molar-refractivity contribution in [3.8, 4) is 0 Å². The van der Waals surface area contributed by atoms with E-state index in [1.165, 1.54) is 0 Å². The number of aromatic nitrogens is 2. The van der Waals surface area contributed by atoms with Crippen LogP contribution < -0.4 is 5.73 Å². The summed E-state index contributed by atoms with van der Waals surface area (Å²) in [4.78, 5) is 11.3. The minimum Gasteiger partial charge on any atom is -0.381 e. The van der Waals surface area contributed by atoms with E-state index < -0.39 is 0 Å². The lowest BCUT2D eigenvalue weighted by atomic mass is 9.99. The Kier molecular flexibility index (Phi) is 2.49. The van der Waals surface area contributed by atoms with E-state index in [1.807, 2.05) is 0 Å². The molecule has 0 radical (unpaired) electrons. The van der Waals surface area contributed by atoms with E-state index in [2.05, 4.69) is 5.10 Å². The van der Waals surface area contributed by atoms with Crippen molar-refractivity contribution in [2.75, 3.05) is 13.2 Å². The Morgan fingerprint density at radius 2 is 2.57 bits per heavy atom. The molecule has 76 valence electrons. The molecule has 1 amide bonds. The summed E-state index contributed by atoms with van der Waals surface area (Å²) in [5.41, 5.74) is 5.35. The molecule has 0 spiro atoms. The lowest BCUT2D eigenvalue weighted by Crippen LogP contribution is -2.33. The van der Waals surface area contributed by atoms with Crippen LogP contribution in [0.2, 0.25) is 0 Å². The van der Waals surface area contributed by atoms with Gasteiger partial charge >= 0.3 is 0 Å². The molecule has 14 heavy (non-hydrogen) atoms. The molecular formula is C9H13N3O2. The predicted octanol–water partition coefficient (Wildman–Crippen LogP) is -0.0540. The number of primary amides is 1. The molecule has 2 N–H and O–H groups in total. The number of ether oxygens (including phenoxy) is 1. The van der Waals surface area contributed by atoms with Gasteiger partial charge in [0.1, 0.15) is 6.04 Å². The van der Waals surface area contributed by atoms with Crippen LogP contribution in [-0.4, -0.2) is 28.9 Å². The van der Waals surface area contributed by atoms with Crippen molar-refractivity contribution in [3.63, 3.8) is 0 Å². The average Bonchev–Trinajstić information content (AvgIpc) is 2.75. The van der Waals surface area contributed by atoms with E-state index in [0.717, 1.165) is 6.42 Å². The van der Waals surface area contributed by atoms with Gasteiger partial charge in [-0.1, -0.05) is 0 Å². The molecule has 2 unspecified atom stereocenters. The molecule has 5 heteroatoms. The number of nitrogens with zero attached hydrogens (tertiary/aromatic N) is 2. The Balaban J connectivity index is 2.19. The van der Waals surface area contributed by atoms with Gasteiger partial charge in [-0.2, -0.15) is 5.10 Å². The third kappa shape index (κ3) is 1.63. The number of nitrogens with two attached hydrogens (primary N) is 1. The average molecular weight is 195 g/mol. The van der Waals surface area contributed by atoms with Crippen LogP contribution in [0, 0.1) is 5.92 Å². The fourth-order valence-electron chi connectivity index (χ4n) is 1.83. The van der Waals surface area contributed by atoms with Gasteiger partial charge in [-0.15, -0.1) is 0 Å². The number of hydrogen-bond donors (Lipinski definition) is 1. The maximum absolute atomic E-state index is 11.3. The summed E-state index contributed by atoms with van der Waals surface area (Å²) in [5, 5.41) is 4.04. The second kappa shape index (κ2) is 3.79. The van der Waals surface area contributed by atoms with Crippen molar-refractivity contribution in [2.24, 2.45) is 11.7 Å². The molecule has 2 heterocycles. The number of carbonyl (C=O) groups is 1. The van der Waals surface area contributed by atoms with Gasteiger partial charge in [-0.3, -0.25) is 9.48 Å². The van der Waals surface area contributed by atoms with Crippen LogP contribution >= 0.6 is 0 Å². The summed E-state index contributed by atoms with van der Waals surface area (Å²) in [7, 11) is 0. The lowest BCUT2D eigenvalue weighted by Gasteiger charge is -2.19. The summed E-state index contributed by atoms with van der Waals surface area (Å²) >= 11 is 0. The smallest absolute Gasteiger partial charge is 0.242 e. The molecular weight excluding hydrogens is 182 g/mol. The van der Waals surface area contributed by atoms with Crippen LogP contribution in [0.3, 0.4) is 0 Å². The fourth-order valence-corrected chi connectivity index (χ4v) is 1.83. The zero-order chi connectivity index (χ0) is 9.97. The molecule has 0 saturated carbocycles. The molecule has 1 aliphatic rings. The van der Waals surface area contributed by atoms with E-state index >= 15 is 0 Å². The second-order valence-corrected chi connectivity index (χ2v) is 3.46. The number of amides is 1. The van der Waals surface area contributed by atoms with Gasteiger partial charge in [0.2, 0.25) is 5.91 Å². The van der Waals surface area contributed by atoms with Gasteiger partial charge in [0.25, 0.3) is 0 Å². The molecule has 0 aliphatic carbocycles. The van der Waals surface area contributed by atoms with E-state index in [4.69, 9.17) is 10.5 Å². The number of hydrogen-bond acceptors (Lipinski definition) is 3. The summed E-state index contributed by atoms with van der Waals surface area (Å²) in [6, 6.07) is 1.42. The summed E-state index contributed by atoms with van der Waals surface area (Å²) in [6.07, 6.45) is 4.27. The molecule has 0 aromatic carbocycles. The van der Waals surface area contributed by atoms with Crippen LogP contribution in [0.15, 0.2) is 18.5 Å². The Bertz CT molecular complexity index is 304. The minimum absolute atomic E-state index is 0.160. The van der Waals surface area contributed by atoms with Gasteiger partial charge in [0, 0.05) is 24.9 Å². The fraction of sp³-hybridized carbons (Fsp3) is 0.556. The van der Waals surface area contributed by atoms with Crippen LogP contribution in [0.4, 0.5) is 0 Å². The zero-order valence-corrected chi connectivity index (χ0v) is 7.80. The third-order valence-electron chi connectivity index (χ3n) is 2.51. The van der Waals surface area contributed by atoms with Crippen molar-refractivity contribution >= 4 is 5.91 Å². The molecule has 1 aromatic heterocycles. The first-order valence-corrected chi connectivity index (χ1v) is 4.65. The van der Waals surface area contributed by atoms with E-state index in [1.54, 1.807) is 23.1 Å². The maximum atomic E-state index is 11.3. The molecule has 1 aromatic rings. The zero-order valence-electron chi connectivity index (χ0n) is 7.80. The molecule has 1 aliphatic heterocycles. The van der Waals surface area contributed by atoms with Crippen LogP contribution in [-0.2, 0) is 9.53 Å². The summed E-state index contributed by atoms with van der Waals surface area (Å²) in [5.74, 6) is -0.184. The Labute approximate surface area is 81.8 Å². The maximum Gasteiger partial charge on any atom is 0.242 e. The first-order chi connectivity index (χ1) is 6.79. The Morgan fingerprint density at radius 3 is 3.07 bits per heavy atom. The predicted molar refractivity (Wildman–Crippen MR) is 49.4 cm³/mol. The first kappa shape index (κ1) is 9.21. The van der Waals surface area contributed by atoms with Gasteiger partial charge in [-0.25, -0.2) is 0 Å². The standard InChI is InChI=1S/C9H13N3O2/c10-9(13)8(7-2-5-14-6-7)12-4-1-3-11-12/h1,3-4,7-8H,2,5-6H2,(H2,10,13). The highest BCUT2D eigenvalue weighted by molar-refractivity contribution is 5.78. The van der Waals surface area contributed by atoms with Gasteiger partial charge in [-0.05, 0) is 12.5 Å². The van der Waals surface area contributed by atoms with Crippen molar-refractivity contribution in [2.45, 2.75) is 12.5 Å². The lowest BCUT2D eigenvalue weighted by molar-refractivity contribution is -0.123. The summed E-state index contributed by atoms with van der Waals surface area (Å²) in [6.45, 7) is 1.29. The van der Waals surface area contributed by atoms with Crippen LogP contribution in [0.25, 0.3) is 0 Å². The minimum atomic E-state index is -0.368. The monoisotopic (exact) mass is 195 g/mol. The number of carbonyl (C=O) groups excluding carboxylic acids is 1. The second-order valence-electron chi connectivity index (χ2n) is 3.46. The quantitative estimate of drug-likeness (QED) is 0.734. The summed E-state index contributed by atoms with van der Waals surface area (Å²) < 4.78 is 6.85. The molecule has 1 fully saturated rings. The Morgan fingerprint density at radius 1 is 1.71 bits per heavy atom. The third-order valence-corrected chi connectivity index (χ3v) is 2.51. The van der Waals surface area contributed by atoms with Crippen LogP contribution in [0.1, 0.15) is 12.5 Å². The highest BCUT2D eigenvalue weighted by atomic mass is 16.5. The Hall–Kier alpha value is -1.36. The number of rotatable bonds is 3. The van der Waals surface area contributed by atoms with E-state index in [9.17, 15) is 4.79 Å². The van der Waals surface area contributed by atoms with Gasteiger partial charge in [0.15, 0.2) is 0 Å². The highest BCUT2D eigenvalue weighted by Crippen LogP contribution is 2.25. The molecule has 5 nitrogen and oxygen atoms in total. The molecule has 2 rings (SSSR count). The van der Waals surface area contributed by atoms with Crippen molar-refractivity contribution in [1.82, 2.24) is 9.78 Å². The van der Waals surface area contributed by atoms with Crippen molar-refractivity contribution < 1.29 is 9.53 Å². The van der Waals surface area contributed by atoms with E-state index in [0.29, 0.717) is 13.2 Å².